The van der Waals surface area contributed by atoms with Crippen molar-refractivity contribution < 1.29 is 0 Å². The monoisotopic (exact) mass is 165 g/mol. The molecule has 1 fully saturated rings. The highest BCUT2D eigenvalue weighted by Gasteiger charge is 2.12. The van der Waals surface area contributed by atoms with Crippen molar-refractivity contribution >= 4 is 5.84 Å². The fourth-order valence-electron chi connectivity index (χ4n) is 1.65. The van der Waals surface area contributed by atoms with Gasteiger partial charge in [0.15, 0.2) is 0 Å². The summed E-state index contributed by atoms with van der Waals surface area (Å²) in [5.74, 6) is 0.754. The van der Waals surface area contributed by atoms with Gasteiger partial charge in [0.1, 0.15) is 5.84 Å². The molecule has 0 atom stereocenters. The summed E-state index contributed by atoms with van der Waals surface area (Å²) < 4.78 is 0. The van der Waals surface area contributed by atoms with E-state index in [1.165, 1.54) is 32.1 Å². The van der Waals surface area contributed by atoms with Crippen LogP contribution in [0, 0.1) is 11.5 Å². The smallest absolute Gasteiger partial charge is 0.207 e. The maximum Gasteiger partial charge on any atom is 0.207 e. The molecular formula is C9H15N3. The quantitative estimate of drug-likeness (QED) is 0.366. The molecule has 1 aliphatic rings. The van der Waals surface area contributed by atoms with Crippen LogP contribution in [0.25, 0.3) is 0 Å². The summed E-state index contributed by atoms with van der Waals surface area (Å²) in [5, 5.41) is 11.5. The van der Waals surface area contributed by atoms with Crippen LogP contribution in [0.1, 0.15) is 39.0 Å². The minimum atomic E-state index is 0.552. The molecule has 0 aromatic heterocycles. The summed E-state index contributed by atoms with van der Waals surface area (Å²) in [6, 6.07) is 0.552. The summed E-state index contributed by atoms with van der Waals surface area (Å²) >= 11 is 0. The van der Waals surface area contributed by atoms with Gasteiger partial charge in [-0.15, -0.1) is 0 Å². The Labute approximate surface area is 73.5 Å². The molecule has 0 aromatic rings. The largest absolute Gasteiger partial charge is 0.370 e. The summed E-state index contributed by atoms with van der Waals surface area (Å²) in [6.45, 7) is 1.85. The third-order valence-electron chi connectivity index (χ3n) is 2.24. The molecule has 1 rings (SSSR count). The molecule has 0 heterocycles. The van der Waals surface area contributed by atoms with Gasteiger partial charge in [-0.3, -0.25) is 0 Å². The van der Waals surface area contributed by atoms with Gasteiger partial charge in [-0.05, 0) is 19.8 Å². The average Bonchev–Trinajstić information content (AvgIpc) is 2.06. The average molecular weight is 165 g/mol. The molecule has 3 nitrogen and oxygen atoms in total. The van der Waals surface area contributed by atoms with Gasteiger partial charge in [-0.25, -0.2) is 0 Å². The Morgan fingerprint density at radius 2 is 2.08 bits per heavy atom. The number of amidine groups is 1. The number of aliphatic imine (C=N–C) groups is 1. The molecule has 0 radical (unpaired) electrons. The number of hydrogen-bond acceptors (Lipinski definition) is 2. The first-order valence-electron chi connectivity index (χ1n) is 4.53. The van der Waals surface area contributed by atoms with Gasteiger partial charge in [0.2, 0.25) is 6.19 Å². The Bertz CT molecular complexity index is 196. The number of nitriles is 1. The number of nitrogens with one attached hydrogen (secondary N) is 1. The van der Waals surface area contributed by atoms with Gasteiger partial charge < -0.3 is 5.32 Å². The molecule has 1 N–H and O–H groups in total. The third kappa shape index (κ3) is 2.91. The van der Waals surface area contributed by atoms with Gasteiger partial charge in [0, 0.05) is 6.04 Å². The lowest BCUT2D eigenvalue weighted by atomic mass is 9.95. The molecule has 0 unspecified atom stereocenters. The second-order valence-electron chi connectivity index (χ2n) is 3.28. The predicted octanol–water partition coefficient (Wildman–Crippen LogP) is 1.81. The zero-order valence-electron chi connectivity index (χ0n) is 7.51. The molecule has 0 amide bonds. The van der Waals surface area contributed by atoms with Crippen LogP contribution >= 0.6 is 0 Å². The Balaban J connectivity index is 2.30. The predicted molar refractivity (Wildman–Crippen MR) is 48.7 cm³/mol. The minimum Gasteiger partial charge on any atom is -0.370 e. The maximum absolute atomic E-state index is 8.29. The van der Waals surface area contributed by atoms with Crippen LogP contribution in [-0.4, -0.2) is 11.9 Å². The van der Waals surface area contributed by atoms with Crippen LogP contribution in [-0.2, 0) is 0 Å². The van der Waals surface area contributed by atoms with Crippen molar-refractivity contribution in [3.05, 3.63) is 0 Å². The van der Waals surface area contributed by atoms with Gasteiger partial charge in [-0.2, -0.15) is 10.3 Å². The van der Waals surface area contributed by atoms with Crippen LogP contribution < -0.4 is 5.32 Å². The van der Waals surface area contributed by atoms with Crippen LogP contribution in [0.5, 0.6) is 0 Å². The van der Waals surface area contributed by atoms with E-state index in [4.69, 9.17) is 5.26 Å². The van der Waals surface area contributed by atoms with E-state index in [0.29, 0.717) is 6.04 Å². The van der Waals surface area contributed by atoms with Crippen LogP contribution in [0.15, 0.2) is 4.99 Å². The van der Waals surface area contributed by atoms with Gasteiger partial charge in [-0.1, -0.05) is 19.3 Å². The Kier molecular flexibility index (Phi) is 3.59. The summed E-state index contributed by atoms with van der Waals surface area (Å²) in [5.41, 5.74) is 0. The van der Waals surface area contributed by atoms with Crippen molar-refractivity contribution in [2.24, 2.45) is 4.99 Å². The molecule has 12 heavy (non-hydrogen) atoms. The number of nitrogens with zero attached hydrogens (tertiary/aromatic N) is 2. The molecule has 0 aromatic carbocycles. The van der Waals surface area contributed by atoms with E-state index in [-0.39, 0.29) is 0 Å². The second kappa shape index (κ2) is 4.76. The molecule has 3 heteroatoms. The second-order valence-corrected chi connectivity index (χ2v) is 3.28. The first-order chi connectivity index (χ1) is 5.83. The number of rotatable bonds is 1. The molecule has 66 valence electrons. The molecule has 1 aliphatic carbocycles. The van der Waals surface area contributed by atoms with Crippen molar-refractivity contribution in [1.29, 1.82) is 5.26 Å². The van der Waals surface area contributed by atoms with E-state index >= 15 is 0 Å². The van der Waals surface area contributed by atoms with Crippen molar-refractivity contribution in [3.8, 4) is 6.19 Å². The summed E-state index contributed by atoms with van der Waals surface area (Å²) in [7, 11) is 0. The van der Waals surface area contributed by atoms with Crippen molar-refractivity contribution in [2.75, 3.05) is 0 Å². The molecule has 1 saturated carbocycles. The van der Waals surface area contributed by atoms with E-state index in [1.807, 2.05) is 6.92 Å². The summed E-state index contributed by atoms with van der Waals surface area (Å²) in [4.78, 5) is 3.63. The van der Waals surface area contributed by atoms with Crippen molar-refractivity contribution in [3.63, 3.8) is 0 Å². The highest BCUT2D eigenvalue weighted by Crippen LogP contribution is 2.17. The van der Waals surface area contributed by atoms with E-state index < -0.39 is 0 Å². The highest BCUT2D eigenvalue weighted by atomic mass is 15.0. The Morgan fingerprint density at radius 1 is 1.42 bits per heavy atom. The minimum absolute atomic E-state index is 0.552. The van der Waals surface area contributed by atoms with E-state index in [2.05, 4.69) is 10.3 Å². The molecule has 0 spiro atoms. The Morgan fingerprint density at radius 3 is 2.67 bits per heavy atom. The molecule has 0 saturated heterocycles. The van der Waals surface area contributed by atoms with E-state index in [9.17, 15) is 0 Å². The lowest BCUT2D eigenvalue weighted by molar-refractivity contribution is 0.413. The SMILES string of the molecule is C/C(=N/C#N)NC1CCCCC1. The Hall–Kier alpha value is -1.04. The molecular weight excluding hydrogens is 150 g/mol. The first-order valence-corrected chi connectivity index (χ1v) is 4.53. The van der Waals surface area contributed by atoms with Crippen molar-refractivity contribution in [1.82, 2.24) is 5.32 Å². The van der Waals surface area contributed by atoms with Gasteiger partial charge in [0.25, 0.3) is 0 Å². The van der Waals surface area contributed by atoms with Crippen molar-refractivity contribution in [2.45, 2.75) is 45.1 Å². The van der Waals surface area contributed by atoms with E-state index in [1.54, 1.807) is 6.19 Å². The van der Waals surface area contributed by atoms with Gasteiger partial charge >= 0.3 is 0 Å². The third-order valence-corrected chi connectivity index (χ3v) is 2.24. The van der Waals surface area contributed by atoms with E-state index in [0.717, 1.165) is 5.84 Å². The normalized spacial score (nSPS) is 20.2. The van der Waals surface area contributed by atoms with Crippen LogP contribution in [0.2, 0.25) is 0 Å². The van der Waals surface area contributed by atoms with Gasteiger partial charge in [0.05, 0.1) is 0 Å². The van der Waals surface area contributed by atoms with Crippen LogP contribution in [0.4, 0.5) is 0 Å². The first kappa shape index (κ1) is 9.05. The van der Waals surface area contributed by atoms with Crippen LogP contribution in [0.3, 0.4) is 0 Å². The lowest BCUT2D eigenvalue weighted by Crippen LogP contribution is -2.34. The fraction of sp³-hybridized carbons (Fsp3) is 0.778. The standard InChI is InChI=1S/C9H15N3/c1-8(11-7-10)12-9-5-3-2-4-6-9/h9H,2-6H2,1H3,(H,11,12). The maximum atomic E-state index is 8.29. The molecule has 0 bridgehead atoms. The fourth-order valence-corrected chi connectivity index (χ4v) is 1.65. The highest BCUT2D eigenvalue weighted by molar-refractivity contribution is 5.80. The zero-order valence-corrected chi connectivity index (χ0v) is 7.51. The topological polar surface area (TPSA) is 48.2 Å². The molecule has 0 aliphatic heterocycles. The summed E-state index contributed by atoms with van der Waals surface area (Å²) in [6.07, 6.45) is 8.18. The lowest BCUT2D eigenvalue weighted by Gasteiger charge is -2.22. The zero-order chi connectivity index (χ0) is 8.81. The number of hydrogen-bond donors (Lipinski definition) is 1.